The Labute approximate surface area is 421 Å². The van der Waals surface area contributed by atoms with Gasteiger partial charge in [-0.2, -0.15) is 0 Å². The van der Waals surface area contributed by atoms with Crippen LogP contribution in [0.1, 0.15) is 81.0 Å². The molecule has 0 saturated heterocycles. The molecule has 3 atom stereocenters. The van der Waals surface area contributed by atoms with Crippen molar-refractivity contribution < 1.29 is 47.4 Å². The molecule has 0 amide bonds. The highest BCUT2D eigenvalue weighted by Gasteiger charge is 2.41. The Morgan fingerprint density at radius 2 is 0.903 bits per heavy atom. The Morgan fingerprint density at radius 3 is 1.47 bits per heavy atom. The zero-order chi connectivity index (χ0) is 49.2. The quantitative estimate of drug-likeness (QED) is 0.0780. The van der Waals surface area contributed by atoms with Gasteiger partial charge in [0.15, 0.2) is 23.0 Å². The number of benzene rings is 8. The van der Waals surface area contributed by atoms with Gasteiger partial charge in [-0.05, 0) is 70.5 Å². The molecule has 10 heteroatoms. The van der Waals surface area contributed by atoms with E-state index in [0.717, 1.165) is 50.1 Å². The van der Waals surface area contributed by atoms with Crippen molar-refractivity contribution in [3.8, 4) is 57.5 Å². The number of fused-ring (bicyclic) bond motifs is 2. The Morgan fingerprint density at radius 1 is 0.403 bits per heavy atom. The maximum Gasteiger partial charge on any atom is 0.162 e. The van der Waals surface area contributed by atoms with Gasteiger partial charge in [-0.3, -0.25) is 0 Å². The Balaban J connectivity index is 1.11. The Hall–Kier alpha value is -8.24. The molecule has 2 heterocycles. The molecule has 8 aromatic carbocycles. The topological polar surface area (TPSA) is 92.3 Å². The highest BCUT2D eigenvalue weighted by atomic mass is 16.5. The fourth-order valence-corrected chi connectivity index (χ4v) is 9.61. The zero-order valence-corrected chi connectivity index (χ0v) is 41.0. The van der Waals surface area contributed by atoms with E-state index in [9.17, 15) is 0 Å². The van der Waals surface area contributed by atoms with E-state index in [4.69, 9.17) is 47.4 Å². The smallest absolute Gasteiger partial charge is 0.162 e. The van der Waals surface area contributed by atoms with Crippen molar-refractivity contribution in [1.29, 1.82) is 0 Å². The van der Waals surface area contributed by atoms with Crippen LogP contribution < -0.4 is 47.4 Å². The molecular weight excluding hydrogens is 905 g/mol. The Kier molecular flexibility index (Phi) is 14.6. The van der Waals surface area contributed by atoms with Crippen LogP contribution in [-0.4, -0.2) is 28.4 Å². The molecule has 0 fully saturated rings. The first kappa shape index (κ1) is 47.4. The summed E-state index contributed by atoms with van der Waals surface area (Å²) >= 11 is 0. The molecule has 0 N–H and O–H groups in total. The number of hydrogen-bond acceptors (Lipinski definition) is 10. The van der Waals surface area contributed by atoms with Crippen LogP contribution >= 0.6 is 0 Å². The van der Waals surface area contributed by atoms with Crippen LogP contribution in [0.2, 0.25) is 0 Å². The third-order valence-electron chi connectivity index (χ3n) is 13.3. The second-order valence-electron chi connectivity index (χ2n) is 17.8. The van der Waals surface area contributed by atoms with Crippen molar-refractivity contribution in [3.05, 3.63) is 226 Å². The number of methoxy groups -OCH3 is 4. The third-order valence-corrected chi connectivity index (χ3v) is 13.3. The molecule has 2 aliphatic heterocycles. The highest BCUT2D eigenvalue weighted by molar-refractivity contribution is 5.66. The van der Waals surface area contributed by atoms with E-state index in [2.05, 4.69) is 30.3 Å². The van der Waals surface area contributed by atoms with E-state index in [0.29, 0.717) is 103 Å². The van der Waals surface area contributed by atoms with Crippen LogP contribution in [0.4, 0.5) is 0 Å². The average Bonchev–Trinajstić information content (AvgIpc) is 3.44. The van der Waals surface area contributed by atoms with E-state index in [-0.39, 0.29) is 6.10 Å². The van der Waals surface area contributed by atoms with E-state index >= 15 is 0 Å². The van der Waals surface area contributed by atoms with Gasteiger partial charge < -0.3 is 47.4 Å². The molecule has 0 aromatic heterocycles. The van der Waals surface area contributed by atoms with E-state index in [1.165, 1.54) is 0 Å². The minimum atomic E-state index is -0.496. The van der Waals surface area contributed by atoms with Crippen LogP contribution in [-0.2, 0) is 32.8 Å². The van der Waals surface area contributed by atoms with E-state index in [1.54, 1.807) is 28.4 Å². The molecule has 72 heavy (non-hydrogen) atoms. The summed E-state index contributed by atoms with van der Waals surface area (Å²) in [5.41, 5.74) is 8.66. The monoisotopic (exact) mass is 962 g/mol. The molecule has 0 aliphatic carbocycles. The molecule has 0 bridgehead atoms. The maximum absolute atomic E-state index is 7.27. The number of rotatable bonds is 19. The molecular formula is C62H58O10. The summed E-state index contributed by atoms with van der Waals surface area (Å²) in [6, 6.07) is 58.5. The van der Waals surface area contributed by atoms with Gasteiger partial charge in [0.25, 0.3) is 0 Å². The largest absolute Gasteiger partial charge is 0.496 e. The summed E-state index contributed by atoms with van der Waals surface area (Å²) < 4.78 is 65.0. The van der Waals surface area contributed by atoms with Crippen LogP contribution in [0.15, 0.2) is 176 Å². The SMILES string of the molecule is COc1ccc([C@@H]2CCc3c(OC)cc(OC)c([C@@H]4C[C@@H](c5ccc(OCc6ccccc6)c(OCc6ccccc6)c5)Oc5cc(OCc6ccccc6)cc(OCc6ccccc6)c54)c3O2)cc1OC. The number of ether oxygens (including phenoxy) is 10. The van der Waals surface area contributed by atoms with Crippen LogP contribution in [0.5, 0.6) is 57.5 Å². The molecule has 0 unspecified atom stereocenters. The molecule has 10 rings (SSSR count). The first-order chi connectivity index (χ1) is 35.5. The van der Waals surface area contributed by atoms with Crippen molar-refractivity contribution in [3.63, 3.8) is 0 Å². The summed E-state index contributed by atoms with van der Waals surface area (Å²) in [6.07, 6.45) is 1.04. The second-order valence-corrected chi connectivity index (χ2v) is 17.8. The van der Waals surface area contributed by atoms with Crippen LogP contribution in [0.25, 0.3) is 0 Å². The zero-order valence-electron chi connectivity index (χ0n) is 41.0. The molecule has 2 aliphatic rings. The lowest BCUT2D eigenvalue weighted by Crippen LogP contribution is -2.24. The van der Waals surface area contributed by atoms with Gasteiger partial charge in [-0.1, -0.05) is 133 Å². The van der Waals surface area contributed by atoms with Crippen molar-refractivity contribution in [1.82, 2.24) is 0 Å². The second kappa shape index (κ2) is 22.2. The minimum absolute atomic E-state index is 0.313. The molecule has 0 radical (unpaired) electrons. The average molecular weight is 963 g/mol. The first-order valence-corrected chi connectivity index (χ1v) is 24.3. The lowest BCUT2D eigenvalue weighted by Gasteiger charge is -2.38. The normalized spacial score (nSPS) is 15.6. The Bertz CT molecular complexity index is 3070. The van der Waals surface area contributed by atoms with Gasteiger partial charge in [0, 0.05) is 47.2 Å². The van der Waals surface area contributed by atoms with Gasteiger partial charge in [0.2, 0.25) is 0 Å². The van der Waals surface area contributed by atoms with Crippen molar-refractivity contribution in [2.75, 3.05) is 28.4 Å². The summed E-state index contributed by atoms with van der Waals surface area (Å²) in [4.78, 5) is 0. The summed E-state index contributed by atoms with van der Waals surface area (Å²) in [7, 11) is 6.66. The summed E-state index contributed by atoms with van der Waals surface area (Å²) in [6.45, 7) is 1.39. The fourth-order valence-electron chi connectivity index (χ4n) is 9.61. The highest BCUT2D eigenvalue weighted by Crippen LogP contribution is 2.58. The third kappa shape index (κ3) is 10.6. The minimum Gasteiger partial charge on any atom is -0.496 e. The molecule has 0 saturated carbocycles. The van der Waals surface area contributed by atoms with Crippen molar-refractivity contribution in [2.24, 2.45) is 0 Å². The van der Waals surface area contributed by atoms with Gasteiger partial charge in [0.05, 0.1) is 28.4 Å². The van der Waals surface area contributed by atoms with Gasteiger partial charge in [-0.15, -0.1) is 0 Å². The first-order valence-electron chi connectivity index (χ1n) is 24.3. The van der Waals surface area contributed by atoms with Crippen LogP contribution in [0.3, 0.4) is 0 Å². The van der Waals surface area contributed by atoms with Gasteiger partial charge in [-0.25, -0.2) is 0 Å². The fraction of sp³-hybridized carbons (Fsp3) is 0.226. The lowest BCUT2D eigenvalue weighted by molar-refractivity contribution is 0.151. The maximum atomic E-state index is 7.27. The van der Waals surface area contributed by atoms with Crippen LogP contribution in [0, 0.1) is 0 Å². The number of hydrogen-bond donors (Lipinski definition) is 0. The standard InChI is InChI=1S/C62H58O10/c1-63-51-28-25-45(31-55(51)65-3)50-30-27-48-54(64-2)36-57(66-4)61(62(48)72-50)49-35-53(46-26-29-52(68-38-42-19-11-6-12-20-42)56(32-46)69-39-43-21-13-7-14-22-43)71-59-34-47(67-37-41-17-9-5-10-18-41)33-58(60(49)59)70-40-44-23-15-8-16-24-44/h5-26,28-29,31-34,36,49-50,53H,27,30,35,37-40H2,1-4H3/t49-,50+,53+/m1/s1. The van der Waals surface area contributed by atoms with Gasteiger partial charge >= 0.3 is 0 Å². The summed E-state index contributed by atoms with van der Waals surface area (Å²) in [5, 5.41) is 0. The molecule has 8 aromatic rings. The van der Waals surface area contributed by atoms with Gasteiger partial charge in [0.1, 0.15) is 73.1 Å². The predicted octanol–water partition coefficient (Wildman–Crippen LogP) is 13.8. The molecule has 0 spiro atoms. The van der Waals surface area contributed by atoms with Crippen molar-refractivity contribution in [2.45, 2.75) is 63.8 Å². The van der Waals surface area contributed by atoms with E-state index < -0.39 is 12.0 Å². The molecule has 366 valence electrons. The predicted molar refractivity (Wildman–Crippen MR) is 277 cm³/mol. The summed E-state index contributed by atoms with van der Waals surface area (Å²) in [5.74, 6) is 5.95. The lowest BCUT2D eigenvalue weighted by atomic mass is 9.79. The van der Waals surface area contributed by atoms with E-state index in [1.807, 2.05) is 146 Å². The molecule has 10 nitrogen and oxygen atoms in total. The van der Waals surface area contributed by atoms with Crippen molar-refractivity contribution >= 4 is 0 Å².